The largest absolute Gasteiger partial charge is 0.415 e. The third-order valence-corrected chi connectivity index (χ3v) is 3.44. The molecule has 0 fully saturated rings. The number of non-ortho nitro benzene ring substituents is 1. The summed E-state index contributed by atoms with van der Waals surface area (Å²) in [5, 5.41) is 18.8. The van der Waals surface area contributed by atoms with Crippen LogP contribution in [0.15, 0.2) is 27.8 Å². The summed E-state index contributed by atoms with van der Waals surface area (Å²) in [6.45, 7) is 0.186. The molecule has 7 nitrogen and oxygen atoms in total. The number of nitrogens with zero attached hydrogens (tertiary/aromatic N) is 3. The first-order chi connectivity index (χ1) is 9.10. The molecule has 0 amide bonds. The van der Waals surface area contributed by atoms with Gasteiger partial charge in [-0.1, -0.05) is 23.4 Å². The minimum Gasteiger partial charge on any atom is -0.415 e. The van der Waals surface area contributed by atoms with E-state index in [1.165, 1.54) is 23.9 Å². The average Bonchev–Trinajstić information content (AvgIpc) is 2.85. The molecule has 0 saturated carbocycles. The van der Waals surface area contributed by atoms with Crippen molar-refractivity contribution >= 4 is 29.1 Å². The van der Waals surface area contributed by atoms with Gasteiger partial charge in [0.15, 0.2) is 0 Å². The summed E-state index contributed by atoms with van der Waals surface area (Å²) in [4.78, 5) is 10.1. The van der Waals surface area contributed by atoms with Gasteiger partial charge < -0.3 is 10.2 Å². The predicted molar refractivity (Wildman–Crippen MR) is 69.9 cm³/mol. The Morgan fingerprint density at radius 2 is 2.26 bits per heavy atom. The number of benzene rings is 1. The van der Waals surface area contributed by atoms with Crippen molar-refractivity contribution in [2.45, 2.75) is 17.5 Å². The third-order valence-electron chi connectivity index (χ3n) is 2.22. The summed E-state index contributed by atoms with van der Waals surface area (Å²) in [5.74, 6) is 0.834. The minimum atomic E-state index is -0.492. The molecule has 0 atom stereocenters. The van der Waals surface area contributed by atoms with Crippen LogP contribution in [0.2, 0.25) is 5.02 Å². The molecular weight excluding hydrogens is 292 g/mol. The van der Waals surface area contributed by atoms with Gasteiger partial charge in [-0.25, -0.2) is 0 Å². The van der Waals surface area contributed by atoms with E-state index in [0.717, 1.165) is 5.56 Å². The molecule has 0 spiro atoms. The van der Waals surface area contributed by atoms with Gasteiger partial charge in [0.25, 0.3) is 10.9 Å². The van der Waals surface area contributed by atoms with Crippen LogP contribution in [0.4, 0.5) is 5.69 Å². The molecule has 0 bridgehead atoms. The van der Waals surface area contributed by atoms with Crippen LogP contribution in [0.1, 0.15) is 11.5 Å². The average molecular weight is 301 g/mol. The highest BCUT2D eigenvalue weighted by Crippen LogP contribution is 2.28. The monoisotopic (exact) mass is 300 g/mol. The molecule has 0 aliphatic rings. The van der Waals surface area contributed by atoms with E-state index >= 15 is 0 Å². The Morgan fingerprint density at radius 3 is 2.84 bits per heavy atom. The molecule has 1 heterocycles. The summed E-state index contributed by atoms with van der Waals surface area (Å²) in [7, 11) is 0. The van der Waals surface area contributed by atoms with Crippen LogP contribution in [0.25, 0.3) is 0 Å². The fraction of sp³-hybridized carbons (Fsp3) is 0.200. The van der Waals surface area contributed by atoms with Gasteiger partial charge in [-0.2, -0.15) is 0 Å². The van der Waals surface area contributed by atoms with Gasteiger partial charge >= 0.3 is 0 Å². The Hall–Kier alpha value is -1.64. The first-order valence-electron chi connectivity index (χ1n) is 5.18. The molecule has 2 rings (SSSR count). The highest BCUT2D eigenvalue weighted by Gasteiger charge is 2.11. The molecule has 100 valence electrons. The summed E-state index contributed by atoms with van der Waals surface area (Å²) in [6.07, 6.45) is 0. The quantitative estimate of drug-likeness (QED) is 0.513. The van der Waals surface area contributed by atoms with Gasteiger partial charge in [0.05, 0.1) is 16.5 Å². The maximum atomic E-state index is 10.6. The van der Waals surface area contributed by atoms with E-state index in [1.807, 2.05) is 0 Å². The second-order valence-electron chi connectivity index (χ2n) is 3.49. The fourth-order valence-corrected chi connectivity index (χ4v) is 2.39. The van der Waals surface area contributed by atoms with Crippen LogP contribution in [-0.4, -0.2) is 15.1 Å². The lowest BCUT2D eigenvalue weighted by molar-refractivity contribution is -0.384. The van der Waals surface area contributed by atoms with Crippen molar-refractivity contribution in [1.29, 1.82) is 0 Å². The van der Waals surface area contributed by atoms with Crippen LogP contribution < -0.4 is 5.73 Å². The van der Waals surface area contributed by atoms with Crippen molar-refractivity contribution in [3.05, 3.63) is 44.8 Å². The number of nitrogens with two attached hydrogens (primary N) is 1. The van der Waals surface area contributed by atoms with Crippen molar-refractivity contribution in [3.63, 3.8) is 0 Å². The van der Waals surface area contributed by atoms with Gasteiger partial charge in [0.1, 0.15) is 0 Å². The third kappa shape index (κ3) is 3.43. The molecule has 2 N–H and O–H groups in total. The molecular formula is C10H9ClN4O3S. The molecule has 1 aromatic carbocycles. The van der Waals surface area contributed by atoms with Gasteiger partial charge in [0, 0.05) is 17.9 Å². The minimum absolute atomic E-state index is 0.0399. The van der Waals surface area contributed by atoms with Gasteiger partial charge in [-0.05, 0) is 11.6 Å². The highest BCUT2D eigenvalue weighted by atomic mass is 35.5. The van der Waals surface area contributed by atoms with Crippen molar-refractivity contribution < 1.29 is 9.34 Å². The van der Waals surface area contributed by atoms with E-state index < -0.39 is 4.92 Å². The number of aromatic nitrogens is 2. The maximum absolute atomic E-state index is 10.6. The first-order valence-corrected chi connectivity index (χ1v) is 6.54. The van der Waals surface area contributed by atoms with Gasteiger partial charge in [-0.15, -0.1) is 10.2 Å². The predicted octanol–water partition coefficient (Wildman–Crippen LogP) is 2.38. The highest BCUT2D eigenvalue weighted by molar-refractivity contribution is 7.98. The zero-order chi connectivity index (χ0) is 13.8. The summed E-state index contributed by atoms with van der Waals surface area (Å²) in [6, 6.07) is 4.32. The van der Waals surface area contributed by atoms with E-state index in [9.17, 15) is 10.1 Å². The molecule has 0 radical (unpaired) electrons. The molecule has 19 heavy (non-hydrogen) atoms. The number of hydrogen-bond acceptors (Lipinski definition) is 7. The van der Waals surface area contributed by atoms with Crippen LogP contribution in [0.5, 0.6) is 0 Å². The number of hydrogen-bond donors (Lipinski definition) is 1. The zero-order valence-electron chi connectivity index (χ0n) is 9.58. The molecule has 0 aliphatic carbocycles. The second-order valence-corrected chi connectivity index (χ2v) is 4.82. The lowest BCUT2D eigenvalue weighted by Gasteiger charge is -2.01. The summed E-state index contributed by atoms with van der Waals surface area (Å²) < 4.78 is 5.22. The maximum Gasteiger partial charge on any atom is 0.276 e. The Bertz CT molecular complexity index is 604. The Kier molecular flexibility index (Phi) is 4.35. The van der Waals surface area contributed by atoms with Crippen LogP contribution in [0, 0.1) is 10.1 Å². The molecule has 0 unspecified atom stereocenters. The molecule has 1 aromatic heterocycles. The van der Waals surface area contributed by atoms with Crippen LogP contribution in [-0.2, 0) is 12.3 Å². The van der Waals surface area contributed by atoms with Crippen molar-refractivity contribution in [1.82, 2.24) is 10.2 Å². The van der Waals surface area contributed by atoms with Crippen molar-refractivity contribution in [2.24, 2.45) is 5.73 Å². The molecule has 9 heteroatoms. The van der Waals surface area contributed by atoms with E-state index in [2.05, 4.69) is 10.2 Å². The smallest absolute Gasteiger partial charge is 0.276 e. The standard InChI is InChI=1S/C10H9ClN4O3S/c11-8-3-7(15(16)17)2-1-6(8)5-19-10-14-13-9(4-12)18-10/h1-3H,4-5,12H2. The lowest BCUT2D eigenvalue weighted by atomic mass is 10.2. The summed E-state index contributed by atoms with van der Waals surface area (Å²) in [5.41, 5.74) is 6.06. The van der Waals surface area contributed by atoms with Gasteiger partial charge in [-0.3, -0.25) is 10.1 Å². The molecule has 0 saturated heterocycles. The van der Waals surface area contributed by atoms with Crippen LogP contribution in [0.3, 0.4) is 0 Å². The Balaban J connectivity index is 2.05. The van der Waals surface area contributed by atoms with E-state index in [0.29, 0.717) is 21.9 Å². The first kappa shape index (κ1) is 13.8. The Labute approximate surface area is 117 Å². The number of rotatable bonds is 5. The van der Waals surface area contributed by atoms with E-state index in [-0.39, 0.29) is 12.2 Å². The van der Waals surface area contributed by atoms with E-state index in [1.54, 1.807) is 6.07 Å². The van der Waals surface area contributed by atoms with Crippen molar-refractivity contribution in [2.75, 3.05) is 0 Å². The van der Waals surface area contributed by atoms with E-state index in [4.69, 9.17) is 21.8 Å². The van der Waals surface area contributed by atoms with Gasteiger partial charge in [0.2, 0.25) is 5.89 Å². The van der Waals surface area contributed by atoms with Crippen LogP contribution >= 0.6 is 23.4 Å². The molecule has 0 aliphatic heterocycles. The SMILES string of the molecule is NCc1nnc(SCc2ccc([N+](=O)[O-])cc2Cl)o1. The normalized spacial score (nSPS) is 10.6. The Morgan fingerprint density at radius 1 is 1.47 bits per heavy atom. The second kappa shape index (κ2) is 6.00. The zero-order valence-corrected chi connectivity index (χ0v) is 11.1. The number of halogens is 1. The molecule has 2 aromatic rings. The lowest BCUT2D eigenvalue weighted by Crippen LogP contribution is -1.95. The fourth-order valence-electron chi connectivity index (χ4n) is 1.29. The number of nitro benzene ring substituents is 1. The topological polar surface area (TPSA) is 108 Å². The number of thioether (sulfide) groups is 1. The number of nitro groups is 1. The summed E-state index contributed by atoms with van der Waals surface area (Å²) >= 11 is 7.26. The van der Waals surface area contributed by atoms with Crippen molar-refractivity contribution in [3.8, 4) is 0 Å².